The summed E-state index contributed by atoms with van der Waals surface area (Å²) in [4.78, 5) is 2.16. The maximum Gasteiger partial charge on any atom is 0.246 e. The van der Waals surface area contributed by atoms with Crippen LogP contribution >= 0.6 is 0 Å². The fourth-order valence-corrected chi connectivity index (χ4v) is 5.25. The van der Waals surface area contributed by atoms with Gasteiger partial charge in [-0.3, -0.25) is 0 Å². The van der Waals surface area contributed by atoms with Crippen LogP contribution in [0.15, 0.2) is 59.5 Å². The Morgan fingerprint density at radius 2 is 1.42 bits per heavy atom. The topological polar surface area (TPSA) is 94.1 Å². The van der Waals surface area contributed by atoms with Crippen LogP contribution in [0.2, 0.25) is 0 Å². The van der Waals surface area contributed by atoms with E-state index in [1.54, 1.807) is 19.2 Å². The summed E-state index contributed by atoms with van der Waals surface area (Å²) in [6.45, 7) is 1.68. The molecule has 1 aliphatic heterocycles. The lowest BCUT2D eigenvalue weighted by Crippen LogP contribution is -2.49. The van der Waals surface area contributed by atoms with Crippen LogP contribution in [0.25, 0.3) is 11.3 Å². The summed E-state index contributed by atoms with van der Waals surface area (Å²) in [5.74, 6) is 2.29. The van der Waals surface area contributed by atoms with Crippen LogP contribution in [0.1, 0.15) is 0 Å². The first-order valence-electron chi connectivity index (χ1n) is 10.4. The molecule has 1 aromatic heterocycles. The standard InChI is InChI=1S/C23H26N4O5S/c1-30-18-6-4-17(5-7-18)20-9-11-23(25-24-20)26-12-14-27(15-13-26)33(28,29)22-10-8-19(31-2)16-21(22)32-3/h4-11,16H,12-15H2,1-3H3. The molecule has 0 spiro atoms. The van der Waals surface area contributed by atoms with Gasteiger partial charge in [-0.25, -0.2) is 8.42 Å². The smallest absolute Gasteiger partial charge is 0.246 e. The minimum absolute atomic E-state index is 0.128. The Bertz CT molecular complexity index is 1190. The second-order valence-corrected chi connectivity index (χ2v) is 9.32. The number of hydrogen-bond acceptors (Lipinski definition) is 8. The van der Waals surface area contributed by atoms with E-state index in [1.165, 1.54) is 24.6 Å². The van der Waals surface area contributed by atoms with Crippen molar-refractivity contribution in [2.24, 2.45) is 0 Å². The van der Waals surface area contributed by atoms with E-state index in [0.717, 1.165) is 17.0 Å². The van der Waals surface area contributed by atoms with Gasteiger partial charge in [0.1, 0.15) is 22.1 Å². The summed E-state index contributed by atoms with van der Waals surface area (Å²) in [7, 11) is 0.890. The predicted octanol–water partition coefficient (Wildman–Crippen LogP) is 2.68. The molecule has 0 saturated carbocycles. The number of methoxy groups -OCH3 is 3. The van der Waals surface area contributed by atoms with Crippen LogP contribution in [-0.4, -0.2) is 70.4 Å². The number of rotatable bonds is 7. The largest absolute Gasteiger partial charge is 0.497 e. The molecule has 3 aromatic rings. The number of hydrogen-bond donors (Lipinski definition) is 0. The fraction of sp³-hybridized carbons (Fsp3) is 0.304. The quantitative estimate of drug-likeness (QED) is 0.520. The molecule has 0 atom stereocenters. The normalized spacial score (nSPS) is 14.7. The number of aromatic nitrogens is 2. The Balaban J connectivity index is 1.44. The van der Waals surface area contributed by atoms with Crippen molar-refractivity contribution in [1.82, 2.24) is 14.5 Å². The van der Waals surface area contributed by atoms with Crippen molar-refractivity contribution in [2.45, 2.75) is 4.90 Å². The average Bonchev–Trinajstić information content (AvgIpc) is 2.88. The molecule has 2 aromatic carbocycles. The molecule has 1 saturated heterocycles. The highest BCUT2D eigenvalue weighted by Gasteiger charge is 2.31. The summed E-state index contributed by atoms with van der Waals surface area (Å²) in [6, 6.07) is 16.1. The van der Waals surface area contributed by atoms with Crippen molar-refractivity contribution >= 4 is 15.8 Å². The van der Waals surface area contributed by atoms with Gasteiger partial charge in [-0.1, -0.05) is 0 Å². The van der Waals surface area contributed by atoms with Crippen molar-refractivity contribution in [3.8, 4) is 28.5 Å². The lowest BCUT2D eigenvalue weighted by Gasteiger charge is -2.34. The summed E-state index contributed by atoms with van der Waals surface area (Å²) >= 11 is 0. The molecule has 33 heavy (non-hydrogen) atoms. The van der Waals surface area contributed by atoms with Gasteiger partial charge in [-0.2, -0.15) is 4.31 Å². The highest BCUT2D eigenvalue weighted by Crippen LogP contribution is 2.31. The first-order chi connectivity index (χ1) is 16.0. The van der Waals surface area contributed by atoms with Crippen molar-refractivity contribution in [3.63, 3.8) is 0 Å². The van der Waals surface area contributed by atoms with Gasteiger partial charge in [-0.15, -0.1) is 10.2 Å². The Kier molecular flexibility index (Phi) is 6.66. The fourth-order valence-electron chi connectivity index (χ4n) is 3.69. The number of sulfonamides is 1. The molecule has 0 radical (unpaired) electrons. The molecule has 2 heterocycles. The van der Waals surface area contributed by atoms with E-state index in [1.807, 2.05) is 41.3 Å². The van der Waals surface area contributed by atoms with E-state index in [4.69, 9.17) is 14.2 Å². The highest BCUT2D eigenvalue weighted by molar-refractivity contribution is 7.89. The molecule has 0 aliphatic carbocycles. The van der Waals surface area contributed by atoms with E-state index in [2.05, 4.69) is 10.2 Å². The summed E-state index contributed by atoms with van der Waals surface area (Å²) in [5, 5.41) is 8.70. The van der Waals surface area contributed by atoms with E-state index in [9.17, 15) is 8.42 Å². The maximum atomic E-state index is 13.2. The SMILES string of the molecule is COc1ccc(-c2ccc(N3CCN(S(=O)(=O)c4ccc(OC)cc4OC)CC3)nn2)cc1. The third kappa shape index (κ3) is 4.71. The Labute approximate surface area is 193 Å². The average molecular weight is 471 g/mol. The molecule has 1 aliphatic rings. The first-order valence-corrected chi connectivity index (χ1v) is 11.9. The van der Waals surface area contributed by atoms with Gasteiger partial charge in [0.25, 0.3) is 0 Å². The third-order valence-corrected chi connectivity index (χ3v) is 7.53. The highest BCUT2D eigenvalue weighted by atomic mass is 32.2. The van der Waals surface area contributed by atoms with Crippen LogP contribution in [0.3, 0.4) is 0 Å². The molecule has 174 valence electrons. The molecule has 10 heteroatoms. The summed E-state index contributed by atoms with van der Waals surface area (Å²) in [6.07, 6.45) is 0. The second-order valence-electron chi connectivity index (χ2n) is 7.41. The van der Waals surface area contributed by atoms with E-state index < -0.39 is 10.0 Å². The number of ether oxygens (including phenoxy) is 3. The molecule has 0 bridgehead atoms. The Morgan fingerprint density at radius 1 is 0.758 bits per heavy atom. The van der Waals surface area contributed by atoms with Gasteiger partial charge >= 0.3 is 0 Å². The maximum absolute atomic E-state index is 13.2. The molecule has 0 N–H and O–H groups in total. The first kappa shape index (κ1) is 22.8. The van der Waals surface area contributed by atoms with Crippen LogP contribution in [0.4, 0.5) is 5.82 Å². The molecular formula is C23H26N4O5S. The number of anilines is 1. The van der Waals surface area contributed by atoms with Gasteiger partial charge in [0.15, 0.2) is 5.82 Å². The lowest BCUT2D eigenvalue weighted by atomic mass is 10.1. The van der Waals surface area contributed by atoms with Crippen molar-refractivity contribution in [2.75, 3.05) is 52.4 Å². The second kappa shape index (κ2) is 9.63. The van der Waals surface area contributed by atoms with E-state index in [-0.39, 0.29) is 10.6 Å². The van der Waals surface area contributed by atoms with Gasteiger partial charge in [0.05, 0.1) is 27.0 Å². The molecule has 1 fully saturated rings. The zero-order valence-corrected chi connectivity index (χ0v) is 19.6. The van der Waals surface area contributed by atoms with Crippen molar-refractivity contribution in [1.29, 1.82) is 0 Å². The van der Waals surface area contributed by atoms with Crippen molar-refractivity contribution in [3.05, 3.63) is 54.6 Å². The number of nitrogens with zero attached hydrogens (tertiary/aromatic N) is 4. The zero-order valence-electron chi connectivity index (χ0n) is 18.8. The minimum atomic E-state index is -3.70. The van der Waals surface area contributed by atoms with Gasteiger partial charge < -0.3 is 19.1 Å². The van der Waals surface area contributed by atoms with Crippen LogP contribution in [0.5, 0.6) is 17.2 Å². The Morgan fingerprint density at radius 3 is 2.00 bits per heavy atom. The lowest BCUT2D eigenvalue weighted by molar-refractivity contribution is 0.369. The van der Waals surface area contributed by atoms with Gasteiger partial charge in [-0.05, 0) is 48.5 Å². The van der Waals surface area contributed by atoms with Gasteiger partial charge in [0.2, 0.25) is 10.0 Å². The molecule has 9 nitrogen and oxygen atoms in total. The molecular weight excluding hydrogens is 444 g/mol. The molecule has 4 rings (SSSR count). The van der Waals surface area contributed by atoms with Crippen LogP contribution < -0.4 is 19.1 Å². The van der Waals surface area contributed by atoms with E-state index in [0.29, 0.717) is 37.7 Å². The summed E-state index contributed by atoms with van der Waals surface area (Å²) < 4.78 is 43.5. The zero-order chi connectivity index (χ0) is 23.4. The third-order valence-electron chi connectivity index (χ3n) is 5.59. The minimum Gasteiger partial charge on any atom is -0.497 e. The summed E-state index contributed by atoms with van der Waals surface area (Å²) in [5.41, 5.74) is 1.70. The Hall–Kier alpha value is -3.37. The van der Waals surface area contributed by atoms with Crippen LogP contribution in [0, 0.1) is 0 Å². The number of piperazine rings is 1. The van der Waals surface area contributed by atoms with Crippen LogP contribution in [-0.2, 0) is 10.0 Å². The monoisotopic (exact) mass is 470 g/mol. The number of benzene rings is 2. The molecule has 0 unspecified atom stereocenters. The predicted molar refractivity (Wildman–Crippen MR) is 125 cm³/mol. The van der Waals surface area contributed by atoms with Crippen molar-refractivity contribution < 1.29 is 22.6 Å². The molecule has 0 amide bonds. The van der Waals surface area contributed by atoms with Gasteiger partial charge in [0, 0.05) is 37.8 Å². The van der Waals surface area contributed by atoms with E-state index >= 15 is 0 Å².